The third-order valence-electron chi connectivity index (χ3n) is 5.84. The number of hydrogen-bond acceptors (Lipinski definition) is 3. The van der Waals surface area contributed by atoms with E-state index in [-0.39, 0.29) is 29.3 Å². The SMILES string of the molecule is C[C@@H](NC(=O)[C@H]1CCCN(S(=O)(=O)c2ccc3ccccc3c2)C1)c1ccc(Cl)cc1. The van der Waals surface area contributed by atoms with Crippen molar-refractivity contribution in [2.75, 3.05) is 13.1 Å². The summed E-state index contributed by atoms with van der Waals surface area (Å²) < 4.78 is 28.0. The molecule has 1 aliphatic rings. The molecule has 1 saturated heterocycles. The summed E-state index contributed by atoms with van der Waals surface area (Å²) in [4.78, 5) is 13.1. The van der Waals surface area contributed by atoms with E-state index >= 15 is 0 Å². The first-order valence-electron chi connectivity index (χ1n) is 10.4. The van der Waals surface area contributed by atoms with Gasteiger partial charge in [-0.2, -0.15) is 4.31 Å². The number of rotatable bonds is 5. The van der Waals surface area contributed by atoms with E-state index in [2.05, 4.69) is 5.32 Å². The van der Waals surface area contributed by atoms with Gasteiger partial charge in [-0.25, -0.2) is 8.42 Å². The number of carbonyl (C=O) groups excluding carboxylic acids is 1. The molecule has 0 radical (unpaired) electrons. The Labute approximate surface area is 188 Å². The van der Waals surface area contributed by atoms with Crippen molar-refractivity contribution in [1.29, 1.82) is 0 Å². The summed E-state index contributed by atoms with van der Waals surface area (Å²) in [5.74, 6) is -0.500. The monoisotopic (exact) mass is 456 g/mol. The molecule has 1 fully saturated rings. The number of hydrogen-bond donors (Lipinski definition) is 1. The highest BCUT2D eigenvalue weighted by Gasteiger charge is 2.33. The zero-order chi connectivity index (χ0) is 22.0. The van der Waals surface area contributed by atoms with Gasteiger partial charge in [-0.3, -0.25) is 4.79 Å². The van der Waals surface area contributed by atoms with Gasteiger partial charge in [0.05, 0.1) is 16.9 Å². The average Bonchev–Trinajstić information content (AvgIpc) is 2.79. The van der Waals surface area contributed by atoms with Crippen LogP contribution in [0, 0.1) is 5.92 Å². The van der Waals surface area contributed by atoms with E-state index in [0.717, 1.165) is 16.3 Å². The Hall–Kier alpha value is -2.41. The van der Waals surface area contributed by atoms with Gasteiger partial charge in [0, 0.05) is 18.1 Å². The van der Waals surface area contributed by atoms with E-state index in [9.17, 15) is 13.2 Å². The normalized spacial score (nSPS) is 18.6. The third kappa shape index (κ3) is 4.76. The molecule has 2 atom stereocenters. The fourth-order valence-electron chi connectivity index (χ4n) is 4.02. The van der Waals surface area contributed by atoms with Crippen LogP contribution in [-0.4, -0.2) is 31.7 Å². The second kappa shape index (κ2) is 8.99. The van der Waals surface area contributed by atoms with Crippen LogP contribution in [0.15, 0.2) is 71.6 Å². The van der Waals surface area contributed by atoms with Gasteiger partial charge < -0.3 is 5.32 Å². The number of sulfonamides is 1. The first-order valence-corrected chi connectivity index (χ1v) is 12.2. The molecule has 31 heavy (non-hydrogen) atoms. The summed E-state index contributed by atoms with van der Waals surface area (Å²) in [6.07, 6.45) is 1.32. The molecule has 162 valence electrons. The van der Waals surface area contributed by atoms with Crippen LogP contribution in [0.4, 0.5) is 0 Å². The van der Waals surface area contributed by atoms with Gasteiger partial charge in [0.15, 0.2) is 0 Å². The summed E-state index contributed by atoms with van der Waals surface area (Å²) in [7, 11) is -3.67. The quantitative estimate of drug-likeness (QED) is 0.601. The largest absolute Gasteiger partial charge is 0.349 e. The van der Waals surface area contributed by atoms with E-state index in [1.807, 2.05) is 49.4 Å². The lowest BCUT2D eigenvalue weighted by Crippen LogP contribution is -2.45. The Morgan fingerprint density at radius 1 is 1.06 bits per heavy atom. The highest BCUT2D eigenvalue weighted by atomic mass is 35.5. The molecule has 0 aromatic heterocycles. The van der Waals surface area contributed by atoms with Crippen LogP contribution in [0.25, 0.3) is 10.8 Å². The number of fused-ring (bicyclic) bond motifs is 1. The first kappa shape index (κ1) is 21.8. The number of benzene rings is 3. The number of amides is 1. The molecule has 0 unspecified atom stereocenters. The highest BCUT2D eigenvalue weighted by Crippen LogP contribution is 2.27. The maximum Gasteiger partial charge on any atom is 0.243 e. The smallest absolute Gasteiger partial charge is 0.243 e. The summed E-state index contributed by atoms with van der Waals surface area (Å²) in [6.45, 7) is 2.52. The minimum atomic E-state index is -3.67. The van der Waals surface area contributed by atoms with Crippen LogP contribution in [0.3, 0.4) is 0 Å². The summed E-state index contributed by atoms with van der Waals surface area (Å²) >= 11 is 5.94. The van der Waals surface area contributed by atoms with Gasteiger partial charge in [0.25, 0.3) is 0 Å². The van der Waals surface area contributed by atoms with E-state index in [1.54, 1.807) is 24.3 Å². The van der Waals surface area contributed by atoms with Gasteiger partial charge in [0.2, 0.25) is 15.9 Å². The maximum atomic E-state index is 13.3. The predicted octanol–water partition coefficient (Wildman–Crippen LogP) is 4.77. The molecular formula is C24H25ClN2O3S. The van der Waals surface area contributed by atoms with Crippen LogP contribution in [-0.2, 0) is 14.8 Å². The van der Waals surface area contributed by atoms with Gasteiger partial charge >= 0.3 is 0 Å². The molecule has 1 heterocycles. The minimum Gasteiger partial charge on any atom is -0.349 e. The fraction of sp³-hybridized carbons (Fsp3) is 0.292. The Morgan fingerprint density at radius 3 is 2.52 bits per heavy atom. The molecule has 0 aliphatic carbocycles. The van der Waals surface area contributed by atoms with Crippen LogP contribution in [0.5, 0.6) is 0 Å². The molecule has 4 rings (SSSR count). The van der Waals surface area contributed by atoms with Crippen molar-refractivity contribution in [3.63, 3.8) is 0 Å². The number of carbonyl (C=O) groups is 1. The zero-order valence-electron chi connectivity index (χ0n) is 17.3. The number of nitrogens with one attached hydrogen (secondary N) is 1. The van der Waals surface area contributed by atoms with Gasteiger partial charge in [-0.15, -0.1) is 0 Å². The van der Waals surface area contributed by atoms with E-state index in [0.29, 0.717) is 24.4 Å². The summed E-state index contributed by atoms with van der Waals surface area (Å²) in [5, 5.41) is 5.54. The average molecular weight is 457 g/mol. The summed E-state index contributed by atoms with van der Waals surface area (Å²) in [6, 6.07) is 20.0. The Morgan fingerprint density at radius 2 is 1.77 bits per heavy atom. The van der Waals surface area contributed by atoms with Crippen molar-refractivity contribution in [3.8, 4) is 0 Å². The minimum absolute atomic E-state index is 0.124. The lowest BCUT2D eigenvalue weighted by atomic mass is 9.98. The molecule has 3 aromatic carbocycles. The highest BCUT2D eigenvalue weighted by molar-refractivity contribution is 7.89. The molecule has 1 amide bonds. The molecular weight excluding hydrogens is 432 g/mol. The second-order valence-electron chi connectivity index (χ2n) is 7.99. The molecule has 0 saturated carbocycles. The van der Waals surface area contributed by atoms with Gasteiger partial charge in [-0.05, 0) is 60.4 Å². The van der Waals surface area contributed by atoms with Crippen LogP contribution in [0.2, 0.25) is 5.02 Å². The van der Waals surface area contributed by atoms with E-state index < -0.39 is 10.0 Å². The lowest BCUT2D eigenvalue weighted by molar-refractivity contribution is -0.126. The van der Waals surface area contributed by atoms with Crippen molar-refractivity contribution >= 4 is 38.3 Å². The summed E-state index contributed by atoms with van der Waals surface area (Å²) in [5.41, 5.74) is 0.953. The van der Waals surface area contributed by atoms with Gasteiger partial charge in [0.1, 0.15) is 0 Å². The standard InChI is InChI=1S/C24H25ClN2O3S/c1-17(18-8-11-22(25)12-9-18)26-24(28)21-7-4-14-27(16-21)31(29,30)23-13-10-19-5-2-3-6-20(19)15-23/h2-3,5-6,8-13,15,17,21H,4,7,14,16H2,1H3,(H,26,28)/t17-,21+/m1/s1. The second-order valence-corrected chi connectivity index (χ2v) is 10.4. The molecule has 3 aromatic rings. The van der Waals surface area contributed by atoms with Crippen LogP contribution >= 0.6 is 11.6 Å². The Balaban J connectivity index is 1.47. The molecule has 5 nitrogen and oxygen atoms in total. The molecule has 1 N–H and O–H groups in total. The van der Waals surface area contributed by atoms with E-state index in [1.165, 1.54) is 4.31 Å². The molecule has 1 aliphatic heterocycles. The zero-order valence-corrected chi connectivity index (χ0v) is 18.9. The third-order valence-corrected chi connectivity index (χ3v) is 7.96. The number of halogens is 1. The van der Waals surface area contributed by atoms with Crippen LogP contribution < -0.4 is 5.32 Å². The van der Waals surface area contributed by atoms with Crippen molar-refractivity contribution in [2.24, 2.45) is 5.92 Å². The molecule has 0 spiro atoms. The Bertz CT molecular complexity index is 1190. The number of piperidine rings is 1. The number of nitrogens with zero attached hydrogens (tertiary/aromatic N) is 1. The lowest BCUT2D eigenvalue weighted by Gasteiger charge is -2.32. The van der Waals surface area contributed by atoms with Crippen molar-refractivity contribution in [1.82, 2.24) is 9.62 Å². The van der Waals surface area contributed by atoms with Crippen molar-refractivity contribution in [2.45, 2.75) is 30.7 Å². The van der Waals surface area contributed by atoms with Gasteiger partial charge in [-0.1, -0.05) is 54.1 Å². The fourth-order valence-corrected chi connectivity index (χ4v) is 5.70. The van der Waals surface area contributed by atoms with Crippen LogP contribution in [0.1, 0.15) is 31.4 Å². The van der Waals surface area contributed by atoms with Crippen molar-refractivity contribution < 1.29 is 13.2 Å². The van der Waals surface area contributed by atoms with Crippen molar-refractivity contribution in [3.05, 3.63) is 77.3 Å². The molecule has 7 heteroatoms. The maximum absolute atomic E-state index is 13.3. The van der Waals surface area contributed by atoms with E-state index in [4.69, 9.17) is 11.6 Å². The topological polar surface area (TPSA) is 66.5 Å². The predicted molar refractivity (Wildman–Crippen MR) is 123 cm³/mol. The molecule has 0 bridgehead atoms. The first-order chi connectivity index (χ1) is 14.8. The Kier molecular flexibility index (Phi) is 6.32.